The van der Waals surface area contributed by atoms with Crippen LogP contribution >= 0.6 is 11.8 Å². The van der Waals surface area contributed by atoms with Crippen molar-refractivity contribution >= 4 is 35.1 Å². The molecule has 2 N–H and O–H groups in total. The van der Waals surface area contributed by atoms with Crippen molar-refractivity contribution in [3.05, 3.63) is 84.6 Å². The summed E-state index contributed by atoms with van der Waals surface area (Å²) in [4.78, 5) is 29.8. The highest BCUT2D eigenvalue weighted by molar-refractivity contribution is 8.00. The van der Waals surface area contributed by atoms with Gasteiger partial charge in [0.25, 0.3) is 0 Å². The van der Waals surface area contributed by atoms with E-state index in [1.54, 1.807) is 18.3 Å². The average molecular weight is 406 g/mol. The molecule has 3 aromatic rings. The van der Waals surface area contributed by atoms with E-state index in [2.05, 4.69) is 15.6 Å². The third kappa shape index (κ3) is 6.19. The maximum absolute atomic E-state index is 13.0. The van der Waals surface area contributed by atoms with Crippen LogP contribution in [0.25, 0.3) is 0 Å². The first-order valence-corrected chi connectivity index (χ1v) is 10.4. The molecule has 0 aliphatic rings. The van der Waals surface area contributed by atoms with Crippen LogP contribution in [-0.4, -0.2) is 16.8 Å². The molecule has 0 aliphatic carbocycles. The lowest BCUT2D eigenvalue weighted by Crippen LogP contribution is -2.19. The molecule has 6 heteroatoms. The van der Waals surface area contributed by atoms with Gasteiger partial charge in [0.2, 0.25) is 11.8 Å². The van der Waals surface area contributed by atoms with Gasteiger partial charge < -0.3 is 10.6 Å². The molecule has 2 aromatic carbocycles. The van der Waals surface area contributed by atoms with Crippen molar-refractivity contribution < 1.29 is 9.59 Å². The van der Waals surface area contributed by atoms with Gasteiger partial charge in [-0.1, -0.05) is 43.3 Å². The molecule has 5 nitrogen and oxygen atoms in total. The average Bonchev–Trinajstić information content (AvgIpc) is 2.74. The van der Waals surface area contributed by atoms with Crippen LogP contribution in [0.4, 0.5) is 11.5 Å². The molecular weight excluding hydrogens is 382 g/mol. The van der Waals surface area contributed by atoms with Gasteiger partial charge in [-0.2, -0.15) is 0 Å². The maximum atomic E-state index is 13.0. The molecule has 148 valence electrons. The number of hydrogen-bond donors (Lipinski definition) is 2. The van der Waals surface area contributed by atoms with Gasteiger partial charge in [-0.25, -0.2) is 4.98 Å². The summed E-state index contributed by atoms with van der Waals surface area (Å²) in [6.45, 7) is 1.97. The Bertz CT molecular complexity index is 931. The lowest BCUT2D eigenvalue weighted by Gasteiger charge is -2.17. The van der Waals surface area contributed by atoms with Gasteiger partial charge in [-0.15, -0.1) is 11.8 Å². The number of benzene rings is 2. The van der Waals surface area contributed by atoms with E-state index in [9.17, 15) is 9.59 Å². The van der Waals surface area contributed by atoms with E-state index in [0.717, 1.165) is 22.6 Å². The Kier molecular flexibility index (Phi) is 7.41. The summed E-state index contributed by atoms with van der Waals surface area (Å²) >= 11 is 1.45. The second-order valence-electron chi connectivity index (χ2n) is 6.44. The molecule has 3 rings (SSSR count). The van der Waals surface area contributed by atoms with Crippen LogP contribution in [0.15, 0.2) is 83.9 Å². The van der Waals surface area contributed by atoms with Gasteiger partial charge in [0.05, 0.1) is 0 Å². The molecule has 0 saturated heterocycles. The Hall–Kier alpha value is -3.12. The van der Waals surface area contributed by atoms with Crippen LogP contribution in [0.1, 0.15) is 30.6 Å². The topological polar surface area (TPSA) is 71.1 Å². The molecule has 0 radical (unpaired) electrons. The van der Waals surface area contributed by atoms with Crippen molar-refractivity contribution in [1.82, 2.24) is 4.98 Å². The quantitative estimate of drug-likeness (QED) is 0.499. The lowest BCUT2D eigenvalue weighted by molar-refractivity contribution is -0.116. The predicted molar refractivity (Wildman–Crippen MR) is 118 cm³/mol. The number of aromatic nitrogens is 1. The summed E-state index contributed by atoms with van der Waals surface area (Å²) in [5.41, 5.74) is 1.66. The number of thioether (sulfide) groups is 1. The van der Waals surface area contributed by atoms with Crippen LogP contribution in [0, 0.1) is 0 Å². The van der Waals surface area contributed by atoms with Crippen molar-refractivity contribution in [2.24, 2.45) is 0 Å². The first kappa shape index (κ1) is 20.6. The maximum Gasteiger partial charge on any atom is 0.243 e. The van der Waals surface area contributed by atoms with Crippen molar-refractivity contribution in [2.75, 3.05) is 10.6 Å². The zero-order valence-electron chi connectivity index (χ0n) is 16.2. The van der Waals surface area contributed by atoms with Crippen molar-refractivity contribution in [2.45, 2.75) is 29.9 Å². The Balaban J connectivity index is 1.75. The molecule has 0 bridgehead atoms. The molecule has 0 fully saturated rings. The number of nitrogens with one attached hydrogen (secondary N) is 2. The molecule has 1 heterocycles. The van der Waals surface area contributed by atoms with Crippen molar-refractivity contribution in [1.29, 1.82) is 0 Å². The third-order valence-electron chi connectivity index (χ3n) is 4.13. The summed E-state index contributed by atoms with van der Waals surface area (Å²) in [6.07, 6.45) is 2.95. The van der Waals surface area contributed by atoms with Crippen molar-refractivity contribution in [3.8, 4) is 0 Å². The second-order valence-corrected chi connectivity index (χ2v) is 7.61. The molecule has 2 amide bonds. The molecule has 0 spiro atoms. The van der Waals surface area contributed by atoms with E-state index in [0.29, 0.717) is 12.2 Å². The summed E-state index contributed by atoms with van der Waals surface area (Å²) < 4.78 is 0. The van der Waals surface area contributed by atoms with Gasteiger partial charge in [-0.05, 0) is 48.4 Å². The highest BCUT2D eigenvalue weighted by atomic mass is 32.2. The Morgan fingerprint density at radius 1 is 0.931 bits per heavy atom. The monoisotopic (exact) mass is 405 g/mol. The summed E-state index contributed by atoms with van der Waals surface area (Å²) in [5.74, 6) is 0.387. The molecule has 1 unspecified atom stereocenters. The number of nitrogens with zero attached hydrogens (tertiary/aromatic N) is 1. The number of pyridine rings is 1. The Labute approximate surface area is 175 Å². The Morgan fingerprint density at radius 3 is 2.31 bits per heavy atom. The number of rotatable bonds is 8. The Morgan fingerprint density at radius 2 is 1.66 bits per heavy atom. The number of amides is 2. The molecule has 0 aliphatic heterocycles. The van der Waals surface area contributed by atoms with Crippen LogP contribution in [0.3, 0.4) is 0 Å². The number of hydrogen-bond acceptors (Lipinski definition) is 4. The molecule has 0 saturated carbocycles. The van der Waals surface area contributed by atoms with E-state index in [1.807, 2.05) is 67.6 Å². The van der Waals surface area contributed by atoms with E-state index in [-0.39, 0.29) is 11.8 Å². The van der Waals surface area contributed by atoms with Crippen LogP contribution in [0.5, 0.6) is 0 Å². The highest BCUT2D eigenvalue weighted by Crippen LogP contribution is 2.36. The van der Waals surface area contributed by atoms with E-state index < -0.39 is 5.25 Å². The summed E-state index contributed by atoms with van der Waals surface area (Å²) in [5, 5.41) is 5.33. The zero-order valence-corrected chi connectivity index (χ0v) is 17.0. The first-order chi connectivity index (χ1) is 14.2. The zero-order chi connectivity index (χ0) is 20.5. The van der Waals surface area contributed by atoms with Crippen molar-refractivity contribution in [3.63, 3.8) is 0 Å². The van der Waals surface area contributed by atoms with Crippen LogP contribution in [-0.2, 0) is 9.59 Å². The SMILES string of the molecule is CCCC(=O)Nc1ccc(SC(C(=O)Nc2ccccn2)c2ccccc2)cc1. The minimum absolute atomic E-state index is 0.00445. The third-order valence-corrected chi connectivity index (χ3v) is 5.39. The van der Waals surface area contributed by atoms with E-state index in [1.165, 1.54) is 11.8 Å². The number of carbonyl (C=O) groups excluding carboxylic acids is 2. The van der Waals surface area contributed by atoms with Gasteiger partial charge in [0, 0.05) is 23.2 Å². The largest absolute Gasteiger partial charge is 0.326 e. The van der Waals surface area contributed by atoms with Gasteiger partial charge in [0.1, 0.15) is 11.1 Å². The summed E-state index contributed by atoms with van der Waals surface area (Å²) in [6, 6.07) is 22.6. The van der Waals surface area contributed by atoms with Crippen LogP contribution in [0.2, 0.25) is 0 Å². The van der Waals surface area contributed by atoms with Gasteiger partial charge in [-0.3, -0.25) is 9.59 Å². The number of carbonyl (C=O) groups is 2. The fourth-order valence-electron chi connectivity index (χ4n) is 2.73. The highest BCUT2D eigenvalue weighted by Gasteiger charge is 2.22. The minimum Gasteiger partial charge on any atom is -0.326 e. The molecule has 1 aromatic heterocycles. The fraction of sp³-hybridized carbons (Fsp3) is 0.174. The number of anilines is 2. The lowest BCUT2D eigenvalue weighted by atomic mass is 10.1. The van der Waals surface area contributed by atoms with E-state index in [4.69, 9.17) is 0 Å². The fourth-order valence-corrected chi connectivity index (χ4v) is 3.76. The van der Waals surface area contributed by atoms with Gasteiger partial charge in [0.15, 0.2) is 0 Å². The summed E-state index contributed by atoms with van der Waals surface area (Å²) in [7, 11) is 0. The first-order valence-electron chi connectivity index (χ1n) is 9.49. The molecule has 1 atom stereocenters. The smallest absolute Gasteiger partial charge is 0.243 e. The molecule has 29 heavy (non-hydrogen) atoms. The van der Waals surface area contributed by atoms with E-state index >= 15 is 0 Å². The standard InChI is InChI=1S/C23H23N3O2S/c1-2-8-21(27)25-18-12-14-19(15-13-18)29-22(17-9-4-3-5-10-17)23(28)26-20-11-6-7-16-24-20/h3-7,9-16,22H,2,8H2,1H3,(H,25,27)(H,24,26,28). The predicted octanol–water partition coefficient (Wildman–Crippen LogP) is 5.29. The second kappa shape index (κ2) is 10.4. The van der Waals surface area contributed by atoms with Crippen LogP contribution < -0.4 is 10.6 Å². The van der Waals surface area contributed by atoms with Gasteiger partial charge >= 0.3 is 0 Å². The minimum atomic E-state index is -0.432. The molecular formula is C23H23N3O2S. The normalized spacial score (nSPS) is 11.5.